The molecule has 0 bridgehead atoms. The van der Waals surface area contributed by atoms with Gasteiger partial charge in [0.1, 0.15) is 5.60 Å². The average Bonchev–Trinajstić information content (AvgIpc) is 2.69. The predicted octanol–water partition coefficient (Wildman–Crippen LogP) is 4.43. The zero-order chi connectivity index (χ0) is 14.3. The molecule has 1 aliphatic heterocycles. The summed E-state index contributed by atoms with van der Waals surface area (Å²) < 4.78 is 11.9. The maximum Gasteiger partial charge on any atom is 0.169 e. The standard InChI is InChI=1S/C16H16ClNO2/c1-16(2)9-10-4-3-5-13(15(10)20-16)19-14-8-11(17)6-7-12(14)18/h3-8H,9,18H2,1-2H3. The minimum Gasteiger partial charge on any atom is -0.483 e. The lowest BCUT2D eigenvalue weighted by Crippen LogP contribution is -2.24. The maximum absolute atomic E-state index is 5.98. The van der Waals surface area contributed by atoms with E-state index < -0.39 is 0 Å². The van der Waals surface area contributed by atoms with Crippen molar-refractivity contribution >= 4 is 17.3 Å². The van der Waals surface area contributed by atoms with E-state index in [0.717, 1.165) is 17.7 Å². The lowest BCUT2D eigenvalue weighted by atomic mass is 10.0. The van der Waals surface area contributed by atoms with Gasteiger partial charge in [-0.1, -0.05) is 23.7 Å². The largest absolute Gasteiger partial charge is 0.483 e. The molecular weight excluding hydrogens is 274 g/mol. The molecule has 0 fully saturated rings. The topological polar surface area (TPSA) is 44.5 Å². The summed E-state index contributed by atoms with van der Waals surface area (Å²) in [7, 11) is 0. The Balaban J connectivity index is 1.97. The molecule has 0 aliphatic carbocycles. The molecule has 0 amide bonds. The van der Waals surface area contributed by atoms with Crippen LogP contribution in [0.4, 0.5) is 5.69 Å². The fourth-order valence-corrected chi connectivity index (χ4v) is 2.54. The van der Waals surface area contributed by atoms with Crippen LogP contribution < -0.4 is 15.2 Å². The van der Waals surface area contributed by atoms with Gasteiger partial charge < -0.3 is 15.2 Å². The van der Waals surface area contributed by atoms with Crippen molar-refractivity contribution in [3.8, 4) is 17.2 Å². The maximum atomic E-state index is 5.98. The molecule has 1 aliphatic rings. The Bertz CT molecular complexity index is 668. The third kappa shape index (κ3) is 2.41. The van der Waals surface area contributed by atoms with Gasteiger partial charge in [0.25, 0.3) is 0 Å². The number of hydrogen-bond acceptors (Lipinski definition) is 3. The fraction of sp³-hybridized carbons (Fsp3) is 0.250. The molecule has 3 rings (SSSR count). The molecule has 2 N–H and O–H groups in total. The number of rotatable bonds is 2. The number of ether oxygens (including phenoxy) is 2. The molecule has 4 heteroatoms. The van der Waals surface area contributed by atoms with Gasteiger partial charge in [0.2, 0.25) is 0 Å². The summed E-state index contributed by atoms with van der Waals surface area (Å²) in [5, 5.41) is 0.586. The summed E-state index contributed by atoms with van der Waals surface area (Å²) in [6, 6.07) is 11.1. The van der Waals surface area contributed by atoms with Gasteiger partial charge in [-0.25, -0.2) is 0 Å². The van der Waals surface area contributed by atoms with Crippen LogP contribution in [0, 0.1) is 0 Å². The van der Waals surface area contributed by atoms with Crippen LogP contribution in [0.5, 0.6) is 17.2 Å². The van der Waals surface area contributed by atoms with Crippen LogP contribution in [-0.4, -0.2) is 5.60 Å². The Hall–Kier alpha value is -1.87. The molecule has 0 unspecified atom stereocenters. The molecule has 0 atom stereocenters. The van der Waals surface area contributed by atoms with Gasteiger partial charge in [-0.05, 0) is 32.0 Å². The van der Waals surface area contributed by atoms with Gasteiger partial charge in [-0.15, -0.1) is 0 Å². The average molecular weight is 290 g/mol. The first-order chi connectivity index (χ1) is 9.44. The van der Waals surface area contributed by atoms with Crippen LogP contribution >= 0.6 is 11.6 Å². The van der Waals surface area contributed by atoms with Gasteiger partial charge in [0.05, 0.1) is 5.69 Å². The SMILES string of the molecule is CC1(C)Cc2cccc(Oc3cc(Cl)ccc3N)c2O1. The summed E-state index contributed by atoms with van der Waals surface area (Å²) in [4.78, 5) is 0. The molecule has 2 aromatic carbocycles. The Morgan fingerprint density at radius 3 is 2.80 bits per heavy atom. The Morgan fingerprint density at radius 1 is 1.20 bits per heavy atom. The van der Waals surface area contributed by atoms with E-state index in [4.69, 9.17) is 26.8 Å². The lowest BCUT2D eigenvalue weighted by Gasteiger charge is -2.18. The van der Waals surface area contributed by atoms with Crippen LogP contribution in [0.2, 0.25) is 5.02 Å². The van der Waals surface area contributed by atoms with E-state index in [1.54, 1.807) is 18.2 Å². The van der Waals surface area contributed by atoms with E-state index in [-0.39, 0.29) is 5.60 Å². The van der Waals surface area contributed by atoms with E-state index in [1.165, 1.54) is 0 Å². The van der Waals surface area contributed by atoms with Gasteiger partial charge in [0, 0.05) is 23.1 Å². The molecule has 104 valence electrons. The van der Waals surface area contributed by atoms with Crippen LogP contribution in [0.3, 0.4) is 0 Å². The molecule has 2 aromatic rings. The van der Waals surface area contributed by atoms with Crippen molar-refractivity contribution in [3.63, 3.8) is 0 Å². The van der Waals surface area contributed by atoms with E-state index in [2.05, 4.69) is 19.9 Å². The second kappa shape index (κ2) is 4.60. The first-order valence-corrected chi connectivity index (χ1v) is 6.86. The highest BCUT2D eigenvalue weighted by atomic mass is 35.5. The minimum absolute atomic E-state index is 0.207. The number of anilines is 1. The Labute approximate surface area is 123 Å². The lowest BCUT2D eigenvalue weighted by molar-refractivity contribution is 0.135. The number of hydrogen-bond donors (Lipinski definition) is 1. The van der Waals surface area contributed by atoms with Crippen molar-refractivity contribution in [3.05, 3.63) is 47.0 Å². The Kier molecular flexibility index (Phi) is 3.02. The Morgan fingerprint density at radius 2 is 2.00 bits per heavy atom. The second-order valence-electron chi connectivity index (χ2n) is 5.57. The van der Waals surface area contributed by atoms with Crippen LogP contribution in [-0.2, 0) is 6.42 Å². The normalized spacial score (nSPS) is 15.6. The quantitative estimate of drug-likeness (QED) is 0.832. The minimum atomic E-state index is -0.207. The molecule has 0 aromatic heterocycles. The molecule has 0 radical (unpaired) electrons. The van der Waals surface area contributed by atoms with Crippen molar-refractivity contribution < 1.29 is 9.47 Å². The summed E-state index contributed by atoms with van der Waals surface area (Å²) in [6.07, 6.45) is 0.866. The third-order valence-corrected chi connectivity index (χ3v) is 3.49. The number of halogens is 1. The molecular formula is C16H16ClNO2. The highest BCUT2D eigenvalue weighted by Crippen LogP contribution is 2.44. The predicted molar refractivity (Wildman–Crippen MR) is 80.8 cm³/mol. The zero-order valence-corrected chi connectivity index (χ0v) is 12.2. The molecule has 20 heavy (non-hydrogen) atoms. The van der Waals surface area contributed by atoms with E-state index in [1.807, 2.05) is 12.1 Å². The number of fused-ring (bicyclic) bond motifs is 1. The van der Waals surface area contributed by atoms with Gasteiger partial charge in [-0.3, -0.25) is 0 Å². The molecule has 0 spiro atoms. The fourth-order valence-electron chi connectivity index (χ4n) is 2.38. The summed E-state index contributed by atoms with van der Waals surface area (Å²) >= 11 is 5.98. The first kappa shape index (κ1) is 13.1. The highest BCUT2D eigenvalue weighted by Gasteiger charge is 2.32. The first-order valence-electron chi connectivity index (χ1n) is 6.48. The zero-order valence-electron chi connectivity index (χ0n) is 11.4. The van der Waals surface area contributed by atoms with Crippen LogP contribution in [0.1, 0.15) is 19.4 Å². The van der Waals surface area contributed by atoms with Crippen LogP contribution in [0.15, 0.2) is 36.4 Å². The summed E-state index contributed by atoms with van der Waals surface area (Å²) in [6.45, 7) is 4.12. The van der Waals surface area contributed by atoms with E-state index >= 15 is 0 Å². The van der Waals surface area contributed by atoms with Crippen molar-refractivity contribution in [2.75, 3.05) is 5.73 Å². The number of nitrogens with two attached hydrogens (primary N) is 1. The number of benzene rings is 2. The molecule has 1 heterocycles. The molecule has 3 nitrogen and oxygen atoms in total. The molecule has 0 saturated heterocycles. The van der Waals surface area contributed by atoms with E-state index in [0.29, 0.717) is 22.2 Å². The third-order valence-electron chi connectivity index (χ3n) is 3.25. The van der Waals surface area contributed by atoms with Gasteiger partial charge in [-0.2, -0.15) is 0 Å². The van der Waals surface area contributed by atoms with E-state index in [9.17, 15) is 0 Å². The number of nitrogen functional groups attached to an aromatic ring is 1. The van der Waals surface area contributed by atoms with Gasteiger partial charge >= 0.3 is 0 Å². The van der Waals surface area contributed by atoms with Crippen molar-refractivity contribution in [2.24, 2.45) is 0 Å². The second-order valence-corrected chi connectivity index (χ2v) is 6.00. The highest BCUT2D eigenvalue weighted by molar-refractivity contribution is 6.30. The molecule has 0 saturated carbocycles. The summed E-state index contributed by atoms with van der Waals surface area (Å²) in [5.74, 6) is 2.00. The smallest absolute Gasteiger partial charge is 0.169 e. The number of para-hydroxylation sites is 1. The van der Waals surface area contributed by atoms with Crippen LogP contribution in [0.25, 0.3) is 0 Å². The van der Waals surface area contributed by atoms with Crippen molar-refractivity contribution in [2.45, 2.75) is 25.9 Å². The van der Waals surface area contributed by atoms with Crippen molar-refractivity contribution in [1.29, 1.82) is 0 Å². The summed E-state index contributed by atoms with van der Waals surface area (Å²) in [5.41, 5.74) is 7.40. The van der Waals surface area contributed by atoms with Crippen molar-refractivity contribution in [1.82, 2.24) is 0 Å². The van der Waals surface area contributed by atoms with Gasteiger partial charge in [0.15, 0.2) is 17.2 Å². The monoisotopic (exact) mass is 289 g/mol.